The van der Waals surface area contributed by atoms with Gasteiger partial charge in [-0.3, -0.25) is 9.59 Å². The van der Waals surface area contributed by atoms with Gasteiger partial charge in [0.15, 0.2) is 6.61 Å². The van der Waals surface area contributed by atoms with E-state index in [0.29, 0.717) is 24.8 Å². The zero-order valence-corrected chi connectivity index (χ0v) is 20.8. The molecular weight excluding hydrogens is 430 g/mol. The predicted molar refractivity (Wildman–Crippen MR) is 130 cm³/mol. The molecular formula is C27H41N3O4. The van der Waals surface area contributed by atoms with Crippen molar-refractivity contribution in [2.24, 2.45) is 33.7 Å². The number of allylic oxidation sites excluding steroid dienone is 2. The molecule has 188 valence electrons. The average Bonchev–Trinajstić information content (AvgIpc) is 2.97. The summed E-state index contributed by atoms with van der Waals surface area (Å²) in [6.07, 6.45) is 13.4. The fraction of sp³-hybridized carbons (Fsp3) is 0.815. The van der Waals surface area contributed by atoms with E-state index >= 15 is 0 Å². The van der Waals surface area contributed by atoms with E-state index in [2.05, 4.69) is 35.7 Å². The quantitative estimate of drug-likeness (QED) is 0.547. The van der Waals surface area contributed by atoms with E-state index < -0.39 is 6.04 Å². The smallest absolute Gasteiger partial charge is 0.261 e. The van der Waals surface area contributed by atoms with Crippen LogP contribution in [0, 0.1) is 28.6 Å². The van der Waals surface area contributed by atoms with Crippen molar-refractivity contribution in [3.63, 3.8) is 0 Å². The van der Waals surface area contributed by atoms with Gasteiger partial charge < -0.3 is 20.6 Å². The summed E-state index contributed by atoms with van der Waals surface area (Å²) in [5.74, 6) is 1.66. The van der Waals surface area contributed by atoms with E-state index in [-0.39, 0.29) is 35.4 Å². The van der Waals surface area contributed by atoms with Crippen LogP contribution < -0.4 is 10.6 Å². The number of hydrogen-bond donors (Lipinski definition) is 3. The zero-order valence-electron chi connectivity index (χ0n) is 20.8. The highest BCUT2D eigenvalue weighted by molar-refractivity contribution is 5.96. The molecule has 0 aromatic carbocycles. The molecule has 0 unspecified atom stereocenters. The fourth-order valence-electron chi connectivity index (χ4n) is 8.10. The lowest BCUT2D eigenvalue weighted by Crippen LogP contribution is -2.51. The van der Waals surface area contributed by atoms with Crippen LogP contribution in [0.5, 0.6) is 0 Å². The van der Waals surface area contributed by atoms with Gasteiger partial charge in [0.1, 0.15) is 6.04 Å². The highest BCUT2D eigenvalue weighted by Gasteiger charge is 2.58. The first-order valence-corrected chi connectivity index (χ1v) is 13.5. The van der Waals surface area contributed by atoms with Gasteiger partial charge in [-0.2, -0.15) is 0 Å². The molecule has 0 radical (unpaired) electrons. The second kappa shape index (κ2) is 9.29. The Morgan fingerprint density at radius 1 is 1.15 bits per heavy atom. The molecule has 1 heterocycles. The van der Waals surface area contributed by atoms with Crippen molar-refractivity contribution in [2.45, 2.75) is 96.6 Å². The third-order valence-electron chi connectivity index (χ3n) is 10.2. The number of carbonyl (C=O) groups excluding carboxylic acids is 2. The summed E-state index contributed by atoms with van der Waals surface area (Å²) in [6, 6.07) is -0.475. The molecule has 0 aromatic heterocycles. The maximum atomic E-state index is 12.3. The van der Waals surface area contributed by atoms with Crippen LogP contribution in [0.3, 0.4) is 0 Å². The van der Waals surface area contributed by atoms with Gasteiger partial charge in [-0.25, -0.2) is 0 Å². The van der Waals surface area contributed by atoms with Crippen molar-refractivity contribution in [3.8, 4) is 0 Å². The van der Waals surface area contributed by atoms with E-state index in [4.69, 9.17) is 4.84 Å². The summed E-state index contributed by atoms with van der Waals surface area (Å²) in [5, 5.41) is 20.6. The molecule has 1 aliphatic heterocycles. The lowest BCUT2D eigenvalue weighted by Gasteiger charge is -2.57. The van der Waals surface area contributed by atoms with E-state index in [9.17, 15) is 14.7 Å². The molecule has 5 rings (SSSR count). The Kier molecular flexibility index (Phi) is 6.51. The number of carbonyl (C=O) groups is 2. The van der Waals surface area contributed by atoms with Crippen molar-refractivity contribution >= 4 is 17.5 Å². The second-order valence-electron chi connectivity index (χ2n) is 11.9. The van der Waals surface area contributed by atoms with Crippen molar-refractivity contribution in [2.75, 3.05) is 13.2 Å². The SMILES string of the molecule is C[C@]12CC[C@@H]3[C@H](CCC4=C/C(=N/OCC(=O)N[C@@H]5CCCCNC5=O)CC[C@@]43C)[C@@H]1CC[C@H]2O. The Hall–Kier alpha value is -1.89. The Bertz CT molecular complexity index is 885. The average molecular weight is 472 g/mol. The van der Waals surface area contributed by atoms with E-state index in [0.717, 1.165) is 56.6 Å². The molecule has 3 saturated carbocycles. The summed E-state index contributed by atoms with van der Waals surface area (Å²) in [5.41, 5.74) is 2.74. The normalized spacial score (nSPS) is 43.0. The molecule has 2 amide bonds. The van der Waals surface area contributed by atoms with Crippen LogP contribution in [0.15, 0.2) is 16.8 Å². The summed E-state index contributed by atoms with van der Waals surface area (Å²) < 4.78 is 0. The lowest BCUT2D eigenvalue weighted by molar-refractivity contribution is -0.131. The minimum absolute atomic E-state index is 0.112. The molecule has 0 aromatic rings. The standard InChI is InChI=1S/C27H41N3O4/c1-26-12-10-18(30-34-16-24(32)29-22-5-3-4-14-28-25(22)33)15-17(26)6-7-19-20-8-9-23(31)27(20,2)13-11-21(19)26/h15,19-23,31H,3-14,16H2,1-2H3,(H,28,33)(H,29,32)/b30-18+/t19-,20+,21-,22-,23-,26+,27+/m1/s1. The molecule has 4 fully saturated rings. The molecule has 1 saturated heterocycles. The topological polar surface area (TPSA) is 100 Å². The van der Waals surface area contributed by atoms with Crippen LogP contribution in [0.25, 0.3) is 0 Å². The summed E-state index contributed by atoms with van der Waals surface area (Å²) in [4.78, 5) is 29.7. The lowest BCUT2D eigenvalue weighted by atomic mass is 9.47. The van der Waals surface area contributed by atoms with Crippen LogP contribution in [0.2, 0.25) is 0 Å². The second-order valence-corrected chi connectivity index (χ2v) is 11.9. The molecule has 4 aliphatic carbocycles. The van der Waals surface area contributed by atoms with Crippen LogP contribution in [-0.2, 0) is 14.4 Å². The fourth-order valence-corrected chi connectivity index (χ4v) is 8.10. The number of rotatable bonds is 4. The van der Waals surface area contributed by atoms with Gasteiger partial charge in [0.05, 0.1) is 11.8 Å². The predicted octanol–water partition coefficient (Wildman–Crippen LogP) is 3.47. The van der Waals surface area contributed by atoms with Crippen LogP contribution in [0.1, 0.15) is 84.5 Å². The Morgan fingerprint density at radius 3 is 2.85 bits per heavy atom. The molecule has 7 nitrogen and oxygen atoms in total. The Morgan fingerprint density at radius 2 is 2.00 bits per heavy atom. The first kappa shape index (κ1) is 23.8. The number of aliphatic hydroxyl groups excluding tert-OH is 1. The Balaban J connectivity index is 1.19. The van der Waals surface area contributed by atoms with Crippen LogP contribution >= 0.6 is 0 Å². The van der Waals surface area contributed by atoms with Gasteiger partial charge in [-0.1, -0.05) is 24.6 Å². The molecule has 3 N–H and O–H groups in total. The number of nitrogens with one attached hydrogen (secondary N) is 2. The third kappa shape index (κ3) is 4.18. The van der Waals surface area contributed by atoms with Crippen LogP contribution in [0.4, 0.5) is 0 Å². The minimum Gasteiger partial charge on any atom is -0.393 e. The largest absolute Gasteiger partial charge is 0.393 e. The van der Waals surface area contributed by atoms with Gasteiger partial charge in [0.25, 0.3) is 5.91 Å². The number of fused-ring (bicyclic) bond motifs is 5. The van der Waals surface area contributed by atoms with E-state index in [1.807, 2.05) is 0 Å². The van der Waals surface area contributed by atoms with Gasteiger partial charge >= 0.3 is 0 Å². The van der Waals surface area contributed by atoms with E-state index in [1.54, 1.807) is 0 Å². The maximum Gasteiger partial charge on any atom is 0.261 e. The molecule has 7 atom stereocenters. The molecule has 5 aliphatic rings. The maximum absolute atomic E-state index is 12.3. The van der Waals surface area contributed by atoms with Crippen molar-refractivity contribution in [3.05, 3.63) is 11.6 Å². The van der Waals surface area contributed by atoms with Gasteiger partial charge in [-0.05, 0) is 105 Å². The first-order chi connectivity index (χ1) is 16.3. The highest BCUT2D eigenvalue weighted by atomic mass is 16.6. The van der Waals surface area contributed by atoms with Crippen molar-refractivity contribution in [1.82, 2.24) is 10.6 Å². The van der Waals surface area contributed by atoms with Gasteiger partial charge in [0, 0.05) is 6.54 Å². The van der Waals surface area contributed by atoms with Crippen molar-refractivity contribution < 1.29 is 19.5 Å². The summed E-state index contributed by atoms with van der Waals surface area (Å²) in [7, 11) is 0. The molecule has 0 bridgehead atoms. The number of hydrogen-bond acceptors (Lipinski definition) is 5. The highest BCUT2D eigenvalue weighted by Crippen LogP contribution is 2.65. The minimum atomic E-state index is -0.475. The van der Waals surface area contributed by atoms with Gasteiger partial charge in [0.2, 0.25) is 5.91 Å². The monoisotopic (exact) mass is 471 g/mol. The molecule has 34 heavy (non-hydrogen) atoms. The number of oxime groups is 1. The number of amides is 2. The third-order valence-corrected chi connectivity index (χ3v) is 10.2. The van der Waals surface area contributed by atoms with Crippen LogP contribution in [-0.4, -0.2) is 47.9 Å². The summed E-state index contributed by atoms with van der Waals surface area (Å²) in [6.45, 7) is 5.29. The number of nitrogens with zero attached hydrogens (tertiary/aromatic N) is 1. The van der Waals surface area contributed by atoms with Crippen molar-refractivity contribution in [1.29, 1.82) is 0 Å². The first-order valence-electron chi connectivity index (χ1n) is 13.5. The zero-order chi connectivity index (χ0) is 23.9. The van der Waals surface area contributed by atoms with Gasteiger partial charge in [-0.15, -0.1) is 0 Å². The Labute approximate surface area is 203 Å². The van der Waals surface area contributed by atoms with E-state index in [1.165, 1.54) is 24.8 Å². The number of aliphatic hydroxyl groups is 1. The summed E-state index contributed by atoms with van der Waals surface area (Å²) >= 11 is 0. The molecule has 7 heteroatoms. The molecule has 0 spiro atoms.